The molecule has 160 valence electrons. The molecule has 0 spiro atoms. The lowest BCUT2D eigenvalue weighted by Crippen LogP contribution is -2.57. The standard InChI is InChI=1S/C19H26N2O.C2HF3O2/c1-2-20-12-10-19(16-6-4-3-5-7-16)11-13-21(14-17(19)20)18(22)15-8-9-15;3-2(4,5)1(6)7/h3-7,15,17H,2,8-14H2,1H3;(H,6,7). The maximum atomic E-state index is 12.5. The molecule has 0 bridgehead atoms. The summed E-state index contributed by atoms with van der Waals surface area (Å²) in [6, 6.07) is 11.5. The number of hydrogen-bond acceptors (Lipinski definition) is 3. The summed E-state index contributed by atoms with van der Waals surface area (Å²) in [5, 5.41) is 7.12. The molecule has 1 saturated carbocycles. The van der Waals surface area contributed by atoms with Gasteiger partial charge in [-0.3, -0.25) is 9.69 Å². The number of rotatable bonds is 3. The van der Waals surface area contributed by atoms with Gasteiger partial charge in [-0.25, -0.2) is 4.79 Å². The van der Waals surface area contributed by atoms with Crippen molar-refractivity contribution in [2.24, 2.45) is 5.92 Å². The summed E-state index contributed by atoms with van der Waals surface area (Å²) in [5.41, 5.74) is 1.74. The number of carbonyl (C=O) groups excluding carboxylic acids is 1. The molecular weight excluding hydrogens is 385 g/mol. The Bertz CT molecular complexity index is 736. The van der Waals surface area contributed by atoms with Gasteiger partial charge in [0, 0.05) is 30.5 Å². The van der Waals surface area contributed by atoms with Crippen LogP contribution in [0.4, 0.5) is 13.2 Å². The SMILES string of the molecule is CCN1CCC2(c3ccccc3)CCN(C(=O)C3CC3)CC12.O=C(O)C(F)(F)F. The maximum Gasteiger partial charge on any atom is 0.490 e. The summed E-state index contributed by atoms with van der Waals surface area (Å²) in [4.78, 5) is 26.1. The molecule has 1 N–H and O–H groups in total. The van der Waals surface area contributed by atoms with E-state index in [0.29, 0.717) is 17.9 Å². The number of nitrogens with zero attached hydrogens (tertiary/aromatic N) is 2. The number of piperidine rings is 1. The second-order valence-corrected chi connectivity index (χ2v) is 8.03. The fraction of sp³-hybridized carbons (Fsp3) is 0.619. The van der Waals surface area contributed by atoms with Crippen LogP contribution in [0, 0.1) is 5.92 Å². The van der Waals surface area contributed by atoms with Gasteiger partial charge < -0.3 is 10.0 Å². The molecule has 2 heterocycles. The first-order chi connectivity index (χ1) is 13.7. The van der Waals surface area contributed by atoms with E-state index in [0.717, 1.165) is 38.9 Å². The van der Waals surface area contributed by atoms with E-state index >= 15 is 0 Å². The minimum Gasteiger partial charge on any atom is -0.475 e. The van der Waals surface area contributed by atoms with Crippen LogP contribution in [0.25, 0.3) is 0 Å². The van der Waals surface area contributed by atoms with Crippen LogP contribution in [0.15, 0.2) is 30.3 Å². The molecule has 2 saturated heterocycles. The van der Waals surface area contributed by atoms with Crippen molar-refractivity contribution in [1.82, 2.24) is 9.80 Å². The Morgan fingerprint density at radius 3 is 2.24 bits per heavy atom. The first-order valence-corrected chi connectivity index (χ1v) is 10.1. The van der Waals surface area contributed by atoms with Gasteiger partial charge >= 0.3 is 12.1 Å². The maximum absolute atomic E-state index is 12.5. The van der Waals surface area contributed by atoms with Crippen LogP contribution >= 0.6 is 0 Å². The summed E-state index contributed by atoms with van der Waals surface area (Å²) in [6.45, 7) is 6.38. The van der Waals surface area contributed by atoms with Crippen LogP contribution < -0.4 is 0 Å². The van der Waals surface area contributed by atoms with Gasteiger partial charge in [-0.15, -0.1) is 0 Å². The molecule has 4 rings (SSSR count). The highest BCUT2D eigenvalue weighted by molar-refractivity contribution is 5.81. The van der Waals surface area contributed by atoms with E-state index < -0.39 is 12.1 Å². The molecular formula is C21H27F3N2O3. The fourth-order valence-electron chi connectivity index (χ4n) is 4.65. The highest BCUT2D eigenvalue weighted by Crippen LogP contribution is 2.46. The highest BCUT2D eigenvalue weighted by atomic mass is 19.4. The molecule has 0 aromatic heterocycles. The van der Waals surface area contributed by atoms with Gasteiger partial charge in [-0.2, -0.15) is 13.2 Å². The summed E-state index contributed by atoms with van der Waals surface area (Å²) >= 11 is 0. The molecule has 1 aromatic carbocycles. The zero-order chi connectivity index (χ0) is 21.2. The number of fused-ring (bicyclic) bond motifs is 1. The Morgan fingerprint density at radius 2 is 1.72 bits per heavy atom. The Labute approximate surface area is 168 Å². The molecule has 3 fully saturated rings. The van der Waals surface area contributed by atoms with Crippen molar-refractivity contribution in [3.8, 4) is 0 Å². The van der Waals surface area contributed by atoms with Crippen molar-refractivity contribution in [2.75, 3.05) is 26.2 Å². The smallest absolute Gasteiger partial charge is 0.475 e. The number of likely N-dealkylation sites (tertiary alicyclic amines) is 2. The molecule has 2 atom stereocenters. The van der Waals surface area contributed by atoms with Crippen LogP contribution in [-0.4, -0.2) is 65.2 Å². The zero-order valence-electron chi connectivity index (χ0n) is 16.5. The molecule has 29 heavy (non-hydrogen) atoms. The third-order valence-electron chi connectivity index (χ3n) is 6.38. The summed E-state index contributed by atoms with van der Waals surface area (Å²) in [5.74, 6) is -1.99. The van der Waals surface area contributed by atoms with Gasteiger partial charge in [0.1, 0.15) is 0 Å². The van der Waals surface area contributed by atoms with Gasteiger partial charge in [0.15, 0.2) is 0 Å². The predicted molar refractivity (Wildman–Crippen MR) is 101 cm³/mol. The van der Waals surface area contributed by atoms with Crippen LogP contribution in [-0.2, 0) is 15.0 Å². The van der Waals surface area contributed by atoms with Crippen LogP contribution in [0.5, 0.6) is 0 Å². The van der Waals surface area contributed by atoms with Crippen LogP contribution in [0.2, 0.25) is 0 Å². The van der Waals surface area contributed by atoms with E-state index in [9.17, 15) is 18.0 Å². The second kappa shape index (κ2) is 8.34. The number of benzene rings is 1. The minimum absolute atomic E-state index is 0.262. The molecule has 1 aromatic rings. The van der Waals surface area contributed by atoms with Gasteiger partial charge in [0.05, 0.1) is 0 Å². The van der Waals surface area contributed by atoms with Crippen LogP contribution in [0.1, 0.15) is 38.2 Å². The first kappa shape index (κ1) is 21.6. The Morgan fingerprint density at radius 1 is 1.14 bits per heavy atom. The predicted octanol–water partition coefficient (Wildman–Crippen LogP) is 3.29. The molecule has 3 aliphatic rings. The minimum atomic E-state index is -5.08. The Balaban J connectivity index is 0.000000298. The largest absolute Gasteiger partial charge is 0.490 e. The number of aliphatic carboxylic acids is 1. The molecule has 2 aliphatic heterocycles. The average molecular weight is 412 g/mol. The number of carboxylic acid groups (broad SMARTS) is 1. The van der Waals surface area contributed by atoms with Crippen molar-refractivity contribution in [3.63, 3.8) is 0 Å². The number of alkyl halides is 3. The Hall–Kier alpha value is -2.09. The third-order valence-corrected chi connectivity index (χ3v) is 6.38. The number of halogens is 3. The number of likely N-dealkylation sites (N-methyl/N-ethyl adjacent to an activating group) is 1. The quantitative estimate of drug-likeness (QED) is 0.828. The normalized spacial score (nSPS) is 27.0. The van der Waals surface area contributed by atoms with Crippen molar-refractivity contribution >= 4 is 11.9 Å². The lowest BCUT2D eigenvalue weighted by atomic mass is 9.69. The van der Waals surface area contributed by atoms with E-state index in [1.54, 1.807) is 0 Å². The van der Waals surface area contributed by atoms with Crippen molar-refractivity contribution in [3.05, 3.63) is 35.9 Å². The van der Waals surface area contributed by atoms with E-state index in [1.165, 1.54) is 18.5 Å². The molecule has 1 aliphatic carbocycles. The zero-order valence-corrected chi connectivity index (χ0v) is 16.5. The van der Waals surface area contributed by atoms with Gasteiger partial charge in [0.2, 0.25) is 5.91 Å². The fourth-order valence-corrected chi connectivity index (χ4v) is 4.65. The summed E-state index contributed by atoms with van der Waals surface area (Å²) < 4.78 is 31.7. The van der Waals surface area contributed by atoms with E-state index in [1.807, 2.05) is 0 Å². The van der Waals surface area contributed by atoms with E-state index in [-0.39, 0.29) is 5.41 Å². The molecule has 1 amide bonds. The van der Waals surface area contributed by atoms with E-state index in [2.05, 4.69) is 47.1 Å². The summed E-state index contributed by atoms with van der Waals surface area (Å²) in [7, 11) is 0. The average Bonchev–Trinajstić information content (AvgIpc) is 3.48. The van der Waals surface area contributed by atoms with Gasteiger partial charge in [0.25, 0.3) is 0 Å². The van der Waals surface area contributed by atoms with Crippen molar-refractivity contribution in [2.45, 2.75) is 50.2 Å². The molecule has 2 unspecified atom stereocenters. The monoisotopic (exact) mass is 412 g/mol. The lowest BCUT2D eigenvalue weighted by molar-refractivity contribution is -0.192. The topological polar surface area (TPSA) is 60.9 Å². The molecule has 8 heteroatoms. The number of amides is 1. The second-order valence-electron chi connectivity index (χ2n) is 8.03. The molecule has 0 radical (unpaired) electrons. The van der Waals surface area contributed by atoms with Gasteiger partial charge in [-0.1, -0.05) is 37.3 Å². The van der Waals surface area contributed by atoms with Gasteiger partial charge in [-0.05, 0) is 44.3 Å². The molecule has 5 nitrogen and oxygen atoms in total. The van der Waals surface area contributed by atoms with Crippen LogP contribution in [0.3, 0.4) is 0 Å². The Kier molecular flexibility index (Phi) is 6.22. The number of hydrogen-bond donors (Lipinski definition) is 1. The number of carboxylic acids is 1. The first-order valence-electron chi connectivity index (χ1n) is 10.1. The lowest BCUT2D eigenvalue weighted by Gasteiger charge is -2.46. The van der Waals surface area contributed by atoms with E-state index in [4.69, 9.17) is 9.90 Å². The highest BCUT2D eigenvalue weighted by Gasteiger charge is 2.52. The van der Waals surface area contributed by atoms with Crippen molar-refractivity contribution in [1.29, 1.82) is 0 Å². The summed E-state index contributed by atoms with van der Waals surface area (Å²) in [6.07, 6.45) is -0.500. The third kappa shape index (κ3) is 4.57. The van der Waals surface area contributed by atoms with Crippen molar-refractivity contribution < 1.29 is 27.9 Å². The number of carbonyl (C=O) groups is 2.